The number of aryl methyl sites for hydroxylation is 1. The highest BCUT2D eigenvalue weighted by Crippen LogP contribution is 2.33. The van der Waals surface area contributed by atoms with Crippen LogP contribution in [-0.4, -0.2) is 52.3 Å². The van der Waals surface area contributed by atoms with E-state index < -0.39 is 5.97 Å². The Labute approximate surface area is 236 Å². The van der Waals surface area contributed by atoms with E-state index in [2.05, 4.69) is 66.4 Å². The highest BCUT2D eigenvalue weighted by atomic mass is 32.1. The van der Waals surface area contributed by atoms with Crippen molar-refractivity contribution in [3.8, 4) is 0 Å². The number of nitrogens with one attached hydrogen (secondary N) is 3. The van der Waals surface area contributed by atoms with Crippen LogP contribution in [0.1, 0.15) is 103 Å². The average Bonchev–Trinajstić information content (AvgIpc) is 3.27. The second-order valence-corrected chi connectivity index (χ2v) is 11.0. The van der Waals surface area contributed by atoms with Crippen LogP contribution in [0.15, 0.2) is 18.2 Å². The molecule has 4 N–H and O–H groups in total. The highest BCUT2D eigenvalue weighted by molar-refractivity contribution is 7.80. The molecule has 1 aliphatic carbocycles. The quantitative estimate of drug-likeness (QED) is 0.137. The van der Waals surface area contributed by atoms with Crippen LogP contribution >= 0.6 is 12.2 Å². The first-order chi connectivity index (χ1) is 18.4. The third-order valence-corrected chi connectivity index (χ3v) is 7.73. The highest BCUT2D eigenvalue weighted by Gasteiger charge is 2.23. The van der Waals surface area contributed by atoms with Gasteiger partial charge >= 0.3 is 5.97 Å². The summed E-state index contributed by atoms with van der Waals surface area (Å²) in [6.07, 6.45) is 13.3. The van der Waals surface area contributed by atoms with Crippen LogP contribution in [0.4, 0.5) is 5.69 Å². The number of nitrogens with zero attached hydrogens (tertiary/aromatic N) is 1. The van der Waals surface area contributed by atoms with Crippen molar-refractivity contribution in [2.75, 3.05) is 31.5 Å². The van der Waals surface area contributed by atoms with Gasteiger partial charge < -0.3 is 25.6 Å². The number of H-pyrrole nitrogens is 1. The number of unbranched alkanes of at least 4 members (excludes halogenated alkanes) is 6. The molecule has 1 aromatic heterocycles. The average molecular weight is 545 g/mol. The molecule has 214 valence electrons. The minimum Gasteiger partial charge on any atom is -0.481 e. The van der Waals surface area contributed by atoms with Gasteiger partial charge in [-0.25, -0.2) is 0 Å². The van der Waals surface area contributed by atoms with E-state index in [-0.39, 0.29) is 0 Å². The Kier molecular flexibility index (Phi) is 15.4. The van der Waals surface area contributed by atoms with Gasteiger partial charge in [-0.15, -0.1) is 0 Å². The van der Waals surface area contributed by atoms with Crippen molar-refractivity contribution in [3.05, 3.63) is 29.5 Å². The summed E-state index contributed by atoms with van der Waals surface area (Å²) < 4.78 is 0. The van der Waals surface area contributed by atoms with Crippen LogP contribution < -0.4 is 10.6 Å². The molecule has 0 spiro atoms. The largest absolute Gasteiger partial charge is 0.481 e. The summed E-state index contributed by atoms with van der Waals surface area (Å²) in [7, 11) is 0. The standard InChI is InChI=1S/C21H32N4S.C10H20O2/c1-4-11-22-21(26)23-16-8-10-20-18(13-16)17-12-15(7-9-19(17)24-20)14-25(5-2)6-3;1-2-3-4-5-6-7-8-9-10(11)12/h8,10,13,15,24H,4-7,9,11-12,14H2,1-3H3,(H2,22,23,26);2-9H2,1H3,(H,11,12). The summed E-state index contributed by atoms with van der Waals surface area (Å²) in [6.45, 7) is 13.3. The Hall–Kier alpha value is -2.12. The third kappa shape index (κ3) is 11.3. The first-order valence-corrected chi connectivity index (χ1v) is 15.4. The van der Waals surface area contributed by atoms with Gasteiger partial charge in [-0.3, -0.25) is 4.79 Å². The molecule has 0 fully saturated rings. The van der Waals surface area contributed by atoms with E-state index in [0.29, 0.717) is 11.5 Å². The number of aromatic amines is 1. The number of carboxylic acids is 1. The lowest BCUT2D eigenvalue weighted by Crippen LogP contribution is -2.31. The second kappa shape index (κ2) is 18.2. The number of anilines is 1. The summed E-state index contributed by atoms with van der Waals surface area (Å²) in [5.74, 6) is 0.0915. The van der Waals surface area contributed by atoms with Gasteiger partial charge in [-0.1, -0.05) is 66.2 Å². The predicted octanol–water partition coefficient (Wildman–Crippen LogP) is 7.52. The number of aromatic nitrogens is 1. The molecule has 7 heteroatoms. The van der Waals surface area contributed by atoms with Gasteiger partial charge in [0.15, 0.2) is 5.11 Å². The van der Waals surface area contributed by atoms with Crippen molar-refractivity contribution in [1.82, 2.24) is 15.2 Å². The molecule has 0 bridgehead atoms. The number of carbonyl (C=O) groups is 1. The Balaban J connectivity index is 0.000000358. The molecule has 6 nitrogen and oxygen atoms in total. The molecule has 1 heterocycles. The first-order valence-electron chi connectivity index (χ1n) is 15.0. The van der Waals surface area contributed by atoms with Crippen LogP contribution in [0.5, 0.6) is 0 Å². The number of rotatable bonds is 15. The number of benzene rings is 1. The molecule has 0 amide bonds. The van der Waals surface area contributed by atoms with Crippen LogP contribution in [-0.2, 0) is 17.6 Å². The molecule has 0 saturated heterocycles. The number of aliphatic carboxylic acids is 1. The fourth-order valence-electron chi connectivity index (χ4n) is 5.22. The fraction of sp³-hybridized carbons (Fsp3) is 0.677. The molecule has 0 aliphatic heterocycles. The van der Waals surface area contributed by atoms with Crippen molar-refractivity contribution < 1.29 is 9.90 Å². The summed E-state index contributed by atoms with van der Waals surface area (Å²) in [5, 5.41) is 17.0. The summed E-state index contributed by atoms with van der Waals surface area (Å²) in [6, 6.07) is 6.54. The monoisotopic (exact) mass is 544 g/mol. The van der Waals surface area contributed by atoms with E-state index in [9.17, 15) is 4.79 Å². The van der Waals surface area contributed by atoms with E-state index in [1.165, 1.54) is 73.7 Å². The molecular formula is C31H52N4O2S. The Morgan fingerprint density at radius 3 is 2.42 bits per heavy atom. The van der Waals surface area contributed by atoms with E-state index >= 15 is 0 Å². The second-order valence-electron chi connectivity index (χ2n) is 10.6. The molecular weight excluding hydrogens is 492 g/mol. The SMILES string of the molecule is CCCCCCCCCC(=O)O.CCCNC(=S)Nc1ccc2[nH]c3c(c2c1)CC(CN(CC)CC)CC3. The van der Waals surface area contributed by atoms with Gasteiger partial charge in [-0.2, -0.15) is 0 Å². The molecule has 1 atom stereocenters. The lowest BCUT2D eigenvalue weighted by Gasteiger charge is -2.28. The maximum atomic E-state index is 10.1. The predicted molar refractivity (Wildman–Crippen MR) is 166 cm³/mol. The summed E-state index contributed by atoms with van der Waals surface area (Å²) in [4.78, 5) is 16.3. The van der Waals surface area contributed by atoms with E-state index in [1.54, 1.807) is 0 Å². The van der Waals surface area contributed by atoms with Gasteiger partial charge in [0.2, 0.25) is 0 Å². The maximum absolute atomic E-state index is 10.1. The molecule has 3 rings (SSSR count). The zero-order chi connectivity index (χ0) is 27.8. The Bertz CT molecular complexity index is 970. The number of thiocarbonyl (C=S) groups is 1. The number of hydrogen-bond donors (Lipinski definition) is 4. The molecule has 38 heavy (non-hydrogen) atoms. The number of hydrogen-bond acceptors (Lipinski definition) is 3. The van der Waals surface area contributed by atoms with Crippen LogP contribution in [0, 0.1) is 5.92 Å². The topological polar surface area (TPSA) is 80.4 Å². The molecule has 0 saturated carbocycles. The smallest absolute Gasteiger partial charge is 0.303 e. The Morgan fingerprint density at radius 2 is 1.76 bits per heavy atom. The van der Waals surface area contributed by atoms with E-state index in [4.69, 9.17) is 17.3 Å². The van der Waals surface area contributed by atoms with E-state index in [1.807, 2.05) is 0 Å². The van der Waals surface area contributed by atoms with Crippen LogP contribution in [0.2, 0.25) is 0 Å². The number of fused-ring (bicyclic) bond motifs is 3. The van der Waals surface area contributed by atoms with Gasteiger partial charge in [0.05, 0.1) is 0 Å². The van der Waals surface area contributed by atoms with Gasteiger partial charge in [0.25, 0.3) is 0 Å². The molecule has 1 aromatic carbocycles. The van der Waals surface area contributed by atoms with Gasteiger partial charge in [0.1, 0.15) is 0 Å². The lowest BCUT2D eigenvalue weighted by molar-refractivity contribution is -0.137. The van der Waals surface area contributed by atoms with Crippen molar-refractivity contribution in [1.29, 1.82) is 0 Å². The van der Waals surface area contributed by atoms with Crippen molar-refractivity contribution in [2.24, 2.45) is 5.92 Å². The zero-order valence-corrected chi connectivity index (χ0v) is 25.2. The van der Waals surface area contributed by atoms with E-state index in [0.717, 1.165) is 56.9 Å². The summed E-state index contributed by atoms with van der Waals surface area (Å²) in [5.41, 5.74) is 5.26. The first kappa shape index (κ1) is 32.1. The molecule has 0 radical (unpaired) electrons. The number of carboxylic acid groups (broad SMARTS) is 1. The van der Waals surface area contributed by atoms with Crippen molar-refractivity contribution >= 4 is 39.9 Å². The summed E-state index contributed by atoms with van der Waals surface area (Å²) >= 11 is 5.38. The van der Waals surface area contributed by atoms with Crippen molar-refractivity contribution in [3.63, 3.8) is 0 Å². The van der Waals surface area contributed by atoms with Gasteiger partial charge in [0, 0.05) is 41.8 Å². The third-order valence-electron chi connectivity index (χ3n) is 7.49. The Morgan fingerprint density at radius 1 is 1.05 bits per heavy atom. The van der Waals surface area contributed by atoms with Gasteiger partial charge in [-0.05, 0) is 87.1 Å². The normalized spacial score (nSPS) is 14.6. The molecule has 1 unspecified atom stereocenters. The fourth-order valence-corrected chi connectivity index (χ4v) is 5.44. The lowest BCUT2D eigenvalue weighted by atomic mass is 9.86. The maximum Gasteiger partial charge on any atom is 0.303 e. The van der Waals surface area contributed by atoms with Crippen LogP contribution in [0.25, 0.3) is 10.9 Å². The van der Waals surface area contributed by atoms with Crippen molar-refractivity contribution in [2.45, 2.75) is 105 Å². The zero-order valence-electron chi connectivity index (χ0n) is 24.3. The minimum absolute atomic E-state index is 0.341. The minimum atomic E-state index is -0.663. The van der Waals surface area contributed by atoms with Crippen LogP contribution in [0.3, 0.4) is 0 Å². The molecule has 2 aromatic rings. The molecule has 1 aliphatic rings.